The Morgan fingerprint density at radius 1 is 1.07 bits per heavy atom. The van der Waals surface area contributed by atoms with Crippen LogP contribution >= 0.6 is 0 Å². The van der Waals surface area contributed by atoms with Crippen molar-refractivity contribution in [2.75, 3.05) is 13.7 Å². The van der Waals surface area contributed by atoms with Crippen molar-refractivity contribution in [1.29, 1.82) is 0 Å². The van der Waals surface area contributed by atoms with Gasteiger partial charge in [0, 0.05) is 13.7 Å². The second-order valence-corrected chi connectivity index (χ2v) is 12.4. The van der Waals surface area contributed by atoms with E-state index in [9.17, 15) is 5.11 Å². The SMILES string of the molecule is COCC(C)CCC[C@@H](C)[C@H]1CC[C@H]2[C@@H]3CC=C4C[C@@H](O)CC[C@]4(C)[C@H]3CC[C@]12C. The van der Waals surface area contributed by atoms with Crippen LogP contribution in [0.15, 0.2) is 11.6 Å². The summed E-state index contributed by atoms with van der Waals surface area (Å²) in [7, 11) is 1.83. The number of rotatable bonds is 7. The van der Waals surface area contributed by atoms with Crippen molar-refractivity contribution in [3.05, 3.63) is 11.6 Å². The molecule has 3 fully saturated rings. The van der Waals surface area contributed by atoms with E-state index in [4.69, 9.17) is 4.74 Å². The topological polar surface area (TPSA) is 29.5 Å². The van der Waals surface area contributed by atoms with Crippen LogP contribution in [0.1, 0.15) is 98.3 Å². The molecule has 30 heavy (non-hydrogen) atoms. The second kappa shape index (κ2) is 8.89. The molecule has 0 aliphatic heterocycles. The van der Waals surface area contributed by atoms with Crippen LogP contribution in [0.4, 0.5) is 0 Å². The van der Waals surface area contributed by atoms with Crippen molar-refractivity contribution in [3.8, 4) is 0 Å². The molecule has 0 aromatic carbocycles. The summed E-state index contributed by atoms with van der Waals surface area (Å²) in [4.78, 5) is 0. The molecule has 0 spiro atoms. The third-order valence-electron chi connectivity index (χ3n) is 10.6. The first-order valence-corrected chi connectivity index (χ1v) is 13.2. The van der Waals surface area contributed by atoms with Gasteiger partial charge < -0.3 is 9.84 Å². The molecule has 9 atom stereocenters. The molecule has 1 unspecified atom stereocenters. The van der Waals surface area contributed by atoms with Crippen molar-refractivity contribution < 1.29 is 9.84 Å². The molecule has 0 saturated heterocycles. The molecule has 1 N–H and O–H groups in total. The van der Waals surface area contributed by atoms with Gasteiger partial charge in [-0.1, -0.05) is 52.2 Å². The highest BCUT2D eigenvalue weighted by molar-refractivity contribution is 5.25. The first-order valence-electron chi connectivity index (χ1n) is 13.2. The van der Waals surface area contributed by atoms with Crippen molar-refractivity contribution in [1.82, 2.24) is 0 Å². The summed E-state index contributed by atoms with van der Waals surface area (Å²) in [6.07, 6.45) is 16.8. The van der Waals surface area contributed by atoms with Crippen LogP contribution in [0.2, 0.25) is 0 Å². The first kappa shape index (κ1) is 22.8. The fourth-order valence-electron chi connectivity index (χ4n) is 8.97. The molecule has 0 radical (unpaired) electrons. The predicted octanol–water partition coefficient (Wildman–Crippen LogP) is 7.02. The van der Waals surface area contributed by atoms with Gasteiger partial charge in [0.15, 0.2) is 0 Å². The number of methoxy groups -OCH3 is 1. The van der Waals surface area contributed by atoms with Gasteiger partial charge in [0.05, 0.1) is 6.10 Å². The molecular weight excluding hydrogens is 368 g/mol. The summed E-state index contributed by atoms with van der Waals surface area (Å²) < 4.78 is 5.33. The highest BCUT2D eigenvalue weighted by Crippen LogP contribution is 2.67. The highest BCUT2D eigenvalue weighted by atomic mass is 16.5. The van der Waals surface area contributed by atoms with E-state index in [2.05, 4.69) is 33.8 Å². The lowest BCUT2D eigenvalue weighted by Crippen LogP contribution is -2.50. The number of allylic oxidation sites excluding steroid dienone is 1. The first-order chi connectivity index (χ1) is 14.3. The average molecular weight is 417 g/mol. The Bertz CT molecular complexity index is 626. The van der Waals surface area contributed by atoms with Gasteiger partial charge in [0.2, 0.25) is 0 Å². The van der Waals surface area contributed by atoms with Gasteiger partial charge >= 0.3 is 0 Å². The van der Waals surface area contributed by atoms with E-state index in [0.29, 0.717) is 16.7 Å². The number of hydrogen-bond acceptors (Lipinski definition) is 2. The smallest absolute Gasteiger partial charge is 0.0577 e. The molecule has 172 valence electrons. The molecule has 4 rings (SSSR count). The maximum absolute atomic E-state index is 10.2. The standard InChI is InChI=1S/C28H48O2/c1-19(18-30-5)7-6-8-20(2)24-11-12-25-23-10-9-21-17-22(29)13-15-27(21,3)26(23)14-16-28(24,25)4/h9,19-20,22-26,29H,6-8,10-18H2,1-5H3/t19?,20-,22+,23+,24-,25+,26+,27+,28-/m1/s1. The minimum atomic E-state index is -0.0851. The van der Waals surface area contributed by atoms with E-state index < -0.39 is 0 Å². The zero-order chi connectivity index (χ0) is 21.5. The number of fused-ring (bicyclic) bond motifs is 5. The third kappa shape index (κ3) is 3.94. The van der Waals surface area contributed by atoms with Gasteiger partial charge in [-0.2, -0.15) is 0 Å². The van der Waals surface area contributed by atoms with Crippen LogP contribution < -0.4 is 0 Å². The van der Waals surface area contributed by atoms with E-state index in [1.165, 1.54) is 57.8 Å². The van der Waals surface area contributed by atoms with Crippen molar-refractivity contribution in [2.45, 2.75) is 104 Å². The molecule has 0 bridgehead atoms. The van der Waals surface area contributed by atoms with Crippen LogP contribution in [-0.2, 0) is 4.74 Å². The summed E-state index contributed by atoms with van der Waals surface area (Å²) in [5.41, 5.74) is 2.55. The lowest BCUT2D eigenvalue weighted by molar-refractivity contribution is -0.0573. The molecule has 3 saturated carbocycles. The number of aliphatic hydroxyl groups excluding tert-OH is 1. The lowest BCUT2D eigenvalue weighted by Gasteiger charge is -2.58. The van der Waals surface area contributed by atoms with Crippen LogP contribution in [0.3, 0.4) is 0 Å². The van der Waals surface area contributed by atoms with Gasteiger partial charge in [0.1, 0.15) is 0 Å². The van der Waals surface area contributed by atoms with E-state index >= 15 is 0 Å². The summed E-state index contributed by atoms with van der Waals surface area (Å²) in [5.74, 6) is 5.17. The Kier molecular flexibility index (Phi) is 6.77. The Morgan fingerprint density at radius 2 is 1.87 bits per heavy atom. The molecule has 0 aromatic rings. The average Bonchev–Trinajstić information content (AvgIpc) is 3.06. The Balaban J connectivity index is 1.42. The molecule has 0 heterocycles. The van der Waals surface area contributed by atoms with E-state index in [1.807, 2.05) is 7.11 Å². The van der Waals surface area contributed by atoms with Gasteiger partial charge in [-0.3, -0.25) is 0 Å². The van der Waals surface area contributed by atoms with E-state index in [0.717, 1.165) is 49.0 Å². The highest BCUT2D eigenvalue weighted by Gasteiger charge is 2.59. The van der Waals surface area contributed by atoms with Crippen LogP contribution in [0, 0.1) is 46.3 Å². The zero-order valence-electron chi connectivity index (χ0n) is 20.5. The summed E-state index contributed by atoms with van der Waals surface area (Å²) >= 11 is 0. The molecule has 2 heteroatoms. The molecule has 0 amide bonds. The van der Waals surface area contributed by atoms with Gasteiger partial charge in [0.25, 0.3) is 0 Å². The summed E-state index contributed by atoms with van der Waals surface area (Å²) in [6, 6.07) is 0. The Labute approximate surface area is 186 Å². The minimum Gasteiger partial charge on any atom is -0.393 e. The molecule has 4 aliphatic carbocycles. The quantitative estimate of drug-likeness (QED) is 0.452. The fraction of sp³-hybridized carbons (Fsp3) is 0.929. The second-order valence-electron chi connectivity index (χ2n) is 12.4. The minimum absolute atomic E-state index is 0.0851. The fourth-order valence-corrected chi connectivity index (χ4v) is 8.97. The number of ether oxygens (including phenoxy) is 1. The van der Waals surface area contributed by atoms with Crippen molar-refractivity contribution >= 4 is 0 Å². The van der Waals surface area contributed by atoms with Gasteiger partial charge in [-0.15, -0.1) is 0 Å². The Hall–Kier alpha value is -0.340. The van der Waals surface area contributed by atoms with E-state index in [1.54, 1.807) is 5.57 Å². The van der Waals surface area contributed by atoms with E-state index in [-0.39, 0.29) is 6.10 Å². The van der Waals surface area contributed by atoms with Crippen LogP contribution in [-0.4, -0.2) is 24.9 Å². The summed E-state index contributed by atoms with van der Waals surface area (Å²) in [5, 5.41) is 10.2. The molecule has 0 aromatic heterocycles. The normalized spacial score (nSPS) is 45.1. The predicted molar refractivity (Wildman–Crippen MR) is 125 cm³/mol. The third-order valence-corrected chi connectivity index (χ3v) is 10.6. The maximum atomic E-state index is 10.2. The largest absolute Gasteiger partial charge is 0.393 e. The van der Waals surface area contributed by atoms with Crippen molar-refractivity contribution in [3.63, 3.8) is 0 Å². The molecule has 4 aliphatic rings. The molecule has 2 nitrogen and oxygen atoms in total. The lowest BCUT2D eigenvalue weighted by atomic mass is 9.47. The zero-order valence-corrected chi connectivity index (χ0v) is 20.5. The van der Waals surface area contributed by atoms with Gasteiger partial charge in [-0.05, 0) is 104 Å². The monoisotopic (exact) mass is 416 g/mol. The van der Waals surface area contributed by atoms with Gasteiger partial charge in [-0.25, -0.2) is 0 Å². The summed E-state index contributed by atoms with van der Waals surface area (Å²) in [6.45, 7) is 11.0. The number of hydrogen-bond donors (Lipinski definition) is 1. The Morgan fingerprint density at radius 3 is 2.63 bits per heavy atom. The van der Waals surface area contributed by atoms with Crippen molar-refractivity contribution in [2.24, 2.45) is 46.3 Å². The van der Waals surface area contributed by atoms with Crippen LogP contribution in [0.5, 0.6) is 0 Å². The number of aliphatic hydroxyl groups is 1. The molecular formula is C28H48O2. The maximum Gasteiger partial charge on any atom is 0.0577 e. The van der Waals surface area contributed by atoms with Crippen LogP contribution in [0.25, 0.3) is 0 Å².